The topological polar surface area (TPSA) is 60.0 Å². The van der Waals surface area contributed by atoms with Gasteiger partial charge < -0.3 is 24.6 Å². The number of β-amino-alcohol motifs (C(OH)–C–C–N with tert-alkyl or cyclic N) is 1. The molecule has 3 rings (SSSR count). The van der Waals surface area contributed by atoms with E-state index >= 15 is 0 Å². The molecule has 0 bridgehead atoms. The Morgan fingerprint density at radius 2 is 1.85 bits per heavy atom. The molecule has 2 aromatic carbocycles. The summed E-state index contributed by atoms with van der Waals surface area (Å²) in [5.74, 6) is 2.06. The van der Waals surface area contributed by atoms with Gasteiger partial charge in [0.15, 0.2) is 11.5 Å². The molecule has 0 saturated heterocycles. The third kappa shape index (κ3) is 6.61. The van der Waals surface area contributed by atoms with Crippen molar-refractivity contribution >= 4 is 12.4 Å². The minimum Gasteiger partial charge on any atom is -0.491 e. The number of aliphatic hydroxyl groups is 1. The summed E-state index contributed by atoms with van der Waals surface area (Å²) in [7, 11) is 0. The molecule has 0 spiro atoms. The van der Waals surface area contributed by atoms with Crippen LogP contribution in [0.3, 0.4) is 0 Å². The average Bonchev–Trinajstić information content (AvgIpc) is 3.12. The highest BCUT2D eigenvalue weighted by Gasteiger charge is 2.19. The third-order valence-corrected chi connectivity index (χ3v) is 4.48. The second kappa shape index (κ2) is 9.83. The normalized spacial score (nSPS) is 13.7. The molecule has 1 aliphatic rings. The first-order chi connectivity index (χ1) is 12.5. The highest BCUT2D eigenvalue weighted by atomic mass is 35.5. The summed E-state index contributed by atoms with van der Waals surface area (Å²) in [6.07, 6.45) is 1.41. The van der Waals surface area contributed by atoms with Crippen molar-refractivity contribution in [1.82, 2.24) is 5.32 Å². The third-order valence-electron chi connectivity index (χ3n) is 4.48. The van der Waals surface area contributed by atoms with Gasteiger partial charge in [-0.05, 0) is 44.4 Å². The molecule has 0 amide bonds. The van der Waals surface area contributed by atoms with Crippen LogP contribution in [0.4, 0.5) is 0 Å². The molecule has 0 radical (unpaired) electrons. The highest BCUT2D eigenvalue weighted by molar-refractivity contribution is 5.85. The maximum Gasteiger partial charge on any atom is 0.231 e. The van der Waals surface area contributed by atoms with Crippen molar-refractivity contribution in [2.45, 2.75) is 38.3 Å². The molecule has 5 nitrogen and oxygen atoms in total. The molecule has 148 valence electrons. The number of nitrogens with one attached hydrogen (secondary N) is 1. The molecule has 1 heterocycles. The summed E-state index contributed by atoms with van der Waals surface area (Å²) in [4.78, 5) is 0. The van der Waals surface area contributed by atoms with E-state index < -0.39 is 6.10 Å². The molecule has 0 fully saturated rings. The number of halogens is 1. The largest absolute Gasteiger partial charge is 0.491 e. The van der Waals surface area contributed by atoms with Crippen LogP contribution in [0.1, 0.15) is 25.8 Å². The molecule has 1 atom stereocenters. The fourth-order valence-corrected chi connectivity index (χ4v) is 2.80. The number of hydrogen-bond donors (Lipinski definition) is 2. The fourth-order valence-electron chi connectivity index (χ4n) is 2.80. The van der Waals surface area contributed by atoms with Gasteiger partial charge in [0.2, 0.25) is 6.79 Å². The Kier molecular flexibility index (Phi) is 7.78. The highest BCUT2D eigenvalue weighted by Crippen LogP contribution is 2.35. The maximum atomic E-state index is 10.2. The van der Waals surface area contributed by atoms with Gasteiger partial charge in [-0.25, -0.2) is 0 Å². The van der Waals surface area contributed by atoms with Gasteiger partial charge in [0, 0.05) is 18.2 Å². The van der Waals surface area contributed by atoms with E-state index in [1.807, 2.05) is 18.2 Å². The van der Waals surface area contributed by atoms with E-state index in [0.717, 1.165) is 18.6 Å². The summed E-state index contributed by atoms with van der Waals surface area (Å²) in [5.41, 5.74) is 1.27. The first kappa shape index (κ1) is 21.4. The average molecular weight is 394 g/mol. The van der Waals surface area contributed by atoms with Crippen molar-refractivity contribution < 1.29 is 19.3 Å². The summed E-state index contributed by atoms with van der Waals surface area (Å²) in [6, 6.07) is 15.9. The Labute approximate surface area is 167 Å². The Bertz CT molecular complexity index is 709. The van der Waals surface area contributed by atoms with Gasteiger partial charge in [-0.2, -0.15) is 0 Å². The molecular formula is C21H28ClNO4. The number of hydrogen-bond acceptors (Lipinski definition) is 5. The van der Waals surface area contributed by atoms with E-state index in [2.05, 4.69) is 43.4 Å². The number of aliphatic hydroxyl groups excluding tert-OH is 1. The van der Waals surface area contributed by atoms with Crippen LogP contribution in [0.2, 0.25) is 0 Å². The quantitative estimate of drug-likeness (QED) is 0.682. The number of rotatable bonds is 9. The van der Waals surface area contributed by atoms with Crippen molar-refractivity contribution in [3.05, 3.63) is 54.1 Å². The van der Waals surface area contributed by atoms with Crippen LogP contribution in [0.15, 0.2) is 48.5 Å². The molecule has 2 N–H and O–H groups in total. The molecule has 27 heavy (non-hydrogen) atoms. The molecule has 0 aromatic heterocycles. The lowest BCUT2D eigenvalue weighted by Gasteiger charge is -2.28. The monoisotopic (exact) mass is 393 g/mol. The van der Waals surface area contributed by atoms with Crippen LogP contribution in [0, 0.1) is 0 Å². The van der Waals surface area contributed by atoms with Crippen molar-refractivity contribution in [3.8, 4) is 17.2 Å². The van der Waals surface area contributed by atoms with Crippen LogP contribution in [-0.4, -0.2) is 36.7 Å². The van der Waals surface area contributed by atoms with Crippen molar-refractivity contribution in [2.75, 3.05) is 19.9 Å². The molecular weight excluding hydrogens is 366 g/mol. The Hall–Kier alpha value is -1.95. The number of ether oxygens (including phenoxy) is 3. The zero-order chi connectivity index (χ0) is 18.4. The van der Waals surface area contributed by atoms with E-state index in [9.17, 15) is 5.11 Å². The predicted octanol–water partition coefficient (Wildman–Crippen LogP) is 3.58. The van der Waals surface area contributed by atoms with E-state index in [0.29, 0.717) is 18.0 Å². The Balaban J connectivity index is 0.00000261. The molecule has 2 aromatic rings. The first-order valence-electron chi connectivity index (χ1n) is 9.01. The van der Waals surface area contributed by atoms with E-state index in [4.69, 9.17) is 14.2 Å². The van der Waals surface area contributed by atoms with Gasteiger partial charge >= 0.3 is 0 Å². The number of fused-ring (bicyclic) bond motifs is 1. The zero-order valence-corrected chi connectivity index (χ0v) is 16.6. The summed E-state index contributed by atoms with van der Waals surface area (Å²) in [6.45, 7) is 5.25. The maximum absolute atomic E-state index is 10.2. The molecule has 0 saturated carbocycles. The van der Waals surface area contributed by atoms with Crippen LogP contribution in [0.5, 0.6) is 17.2 Å². The SMILES string of the molecule is CC(C)(CCc1ccccc1)NCC(O)COc1ccc2c(c1)OCO2.Cl. The molecule has 1 unspecified atom stereocenters. The van der Waals surface area contributed by atoms with Crippen LogP contribution in [-0.2, 0) is 6.42 Å². The second-order valence-corrected chi connectivity index (χ2v) is 7.23. The lowest BCUT2D eigenvalue weighted by Crippen LogP contribution is -2.45. The number of aryl methyl sites for hydroxylation is 1. The standard InChI is InChI=1S/C21H27NO4.ClH/c1-21(2,11-10-16-6-4-3-5-7-16)22-13-17(23)14-24-18-8-9-19-20(12-18)26-15-25-19;/h3-9,12,17,22-23H,10-11,13-15H2,1-2H3;1H. The number of benzene rings is 2. The lowest BCUT2D eigenvalue weighted by molar-refractivity contribution is 0.0980. The Morgan fingerprint density at radius 1 is 1.11 bits per heavy atom. The van der Waals surface area contributed by atoms with Gasteiger partial charge in [-0.3, -0.25) is 0 Å². The lowest BCUT2D eigenvalue weighted by atomic mass is 9.95. The van der Waals surface area contributed by atoms with Gasteiger partial charge in [0.1, 0.15) is 18.5 Å². The van der Waals surface area contributed by atoms with Crippen molar-refractivity contribution in [3.63, 3.8) is 0 Å². The minimum atomic E-state index is -0.587. The summed E-state index contributed by atoms with van der Waals surface area (Å²) >= 11 is 0. The van der Waals surface area contributed by atoms with Gasteiger partial charge in [-0.1, -0.05) is 30.3 Å². The van der Waals surface area contributed by atoms with E-state index in [1.165, 1.54) is 5.56 Å². The van der Waals surface area contributed by atoms with Crippen molar-refractivity contribution in [2.24, 2.45) is 0 Å². The van der Waals surface area contributed by atoms with Crippen LogP contribution < -0.4 is 19.5 Å². The Morgan fingerprint density at radius 3 is 2.63 bits per heavy atom. The van der Waals surface area contributed by atoms with Crippen LogP contribution >= 0.6 is 12.4 Å². The van der Waals surface area contributed by atoms with Crippen molar-refractivity contribution in [1.29, 1.82) is 0 Å². The summed E-state index contributed by atoms with van der Waals surface area (Å²) < 4.78 is 16.3. The molecule has 6 heteroatoms. The minimum absolute atomic E-state index is 0. The molecule has 0 aliphatic carbocycles. The van der Waals surface area contributed by atoms with Gasteiger partial charge in [0.05, 0.1) is 0 Å². The summed E-state index contributed by atoms with van der Waals surface area (Å²) in [5, 5.41) is 13.6. The molecule has 1 aliphatic heterocycles. The predicted molar refractivity (Wildman–Crippen MR) is 108 cm³/mol. The van der Waals surface area contributed by atoms with Crippen LogP contribution in [0.25, 0.3) is 0 Å². The van der Waals surface area contributed by atoms with E-state index in [1.54, 1.807) is 6.07 Å². The zero-order valence-electron chi connectivity index (χ0n) is 15.8. The van der Waals surface area contributed by atoms with E-state index in [-0.39, 0.29) is 31.3 Å². The van der Waals surface area contributed by atoms with Gasteiger partial charge in [-0.15, -0.1) is 12.4 Å². The smallest absolute Gasteiger partial charge is 0.231 e. The first-order valence-corrected chi connectivity index (χ1v) is 9.01. The van der Waals surface area contributed by atoms with Gasteiger partial charge in [0.25, 0.3) is 0 Å². The fraction of sp³-hybridized carbons (Fsp3) is 0.429. The second-order valence-electron chi connectivity index (χ2n) is 7.23.